The summed E-state index contributed by atoms with van der Waals surface area (Å²) in [6.45, 7) is 12.9. The van der Waals surface area contributed by atoms with Crippen LogP contribution >= 0.6 is 0 Å². The molecule has 0 amide bonds. The number of allylic oxidation sites excluding steroid dienone is 3. The van der Waals surface area contributed by atoms with E-state index in [9.17, 15) is 0 Å². The highest BCUT2D eigenvalue weighted by Crippen LogP contribution is 2.40. The third-order valence-electron chi connectivity index (χ3n) is 7.80. The Morgan fingerprint density at radius 1 is 0.641 bits per heavy atom. The van der Waals surface area contributed by atoms with Gasteiger partial charge in [-0.05, 0) is 91.9 Å². The second-order valence-corrected chi connectivity index (χ2v) is 10.4. The molecule has 0 aromatic heterocycles. The van der Waals surface area contributed by atoms with Gasteiger partial charge in [0.15, 0.2) is 0 Å². The predicted molar refractivity (Wildman–Crippen MR) is 172 cm³/mol. The molecule has 3 aromatic rings. The van der Waals surface area contributed by atoms with Gasteiger partial charge in [0.25, 0.3) is 0 Å². The summed E-state index contributed by atoms with van der Waals surface area (Å²) in [6.07, 6.45) is 4.59. The lowest BCUT2D eigenvalue weighted by Gasteiger charge is -2.25. The summed E-state index contributed by atoms with van der Waals surface area (Å²) < 4.78 is 2.22. The van der Waals surface area contributed by atoms with Gasteiger partial charge in [-0.15, -0.1) is 0 Å². The summed E-state index contributed by atoms with van der Waals surface area (Å²) in [5.41, 5.74) is 12.5. The number of hydrogen-bond acceptors (Lipinski definition) is 3. The van der Waals surface area contributed by atoms with Gasteiger partial charge in [0.2, 0.25) is 5.71 Å². The fourth-order valence-electron chi connectivity index (χ4n) is 5.67. The Morgan fingerprint density at radius 3 is 1.54 bits per heavy atom. The normalized spacial score (nSPS) is 12.3. The van der Waals surface area contributed by atoms with Crippen LogP contribution in [0.15, 0.2) is 78.9 Å². The van der Waals surface area contributed by atoms with Gasteiger partial charge in [0.1, 0.15) is 14.1 Å². The molecule has 4 heteroatoms. The minimum Gasteiger partial charge on any atom is -0.377 e. The van der Waals surface area contributed by atoms with Gasteiger partial charge in [-0.3, -0.25) is 0 Å². The van der Waals surface area contributed by atoms with Crippen molar-refractivity contribution in [2.24, 2.45) is 0 Å². The van der Waals surface area contributed by atoms with Crippen LogP contribution in [0, 0.1) is 0 Å². The van der Waals surface area contributed by atoms with E-state index in [1.54, 1.807) is 0 Å². The van der Waals surface area contributed by atoms with Crippen molar-refractivity contribution in [1.82, 2.24) is 0 Å². The zero-order chi connectivity index (χ0) is 28.1. The topological polar surface area (TPSA) is 12.7 Å². The van der Waals surface area contributed by atoms with E-state index >= 15 is 0 Å². The van der Waals surface area contributed by atoms with Crippen LogP contribution in [-0.2, 0) is 0 Å². The monoisotopic (exact) mass is 521 g/mol. The lowest BCUT2D eigenvalue weighted by molar-refractivity contribution is -0.463. The summed E-state index contributed by atoms with van der Waals surface area (Å²) in [5.74, 6) is 0. The van der Waals surface area contributed by atoms with Crippen LogP contribution in [0.4, 0.5) is 17.1 Å². The summed E-state index contributed by atoms with van der Waals surface area (Å²) >= 11 is 0. The molecule has 4 rings (SSSR count). The summed E-state index contributed by atoms with van der Waals surface area (Å²) in [7, 11) is 8.51. The molecule has 1 aliphatic carbocycles. The molecule has 0 atom stereocenters. The molecule has 204 valence electrons. The number of nitrogens with zero attached hydrogens (tertiary/aromatic N) is 4. The molecule has 0 saturated heterocycles. The Bertz CT molecular complexity index is 1310. The maximum atomic E-state index is 2.40. The SMILES string of the molecule is CCN(CC)c1ccc(C(=C2C=CC(=[N+](C)C)c3c2cccc3N(C)C)c2ccc(N(CC)CC)cc2)cc1. The number of benzene rings is 3. The number of anilines is 3. The molecule has 0 aliphatic heterocycles. The molecule has 3 aromatic carbocycles. The van der Waals surface area contributed by atoms with E-state index in [4.69, 9.17) is 0 Å². The Hall–Kier alpha value is -3.79. The van der Waals surface area contributed by atoms with Crippen LogP contribution in [0.2, 0.25) is 0 Å². The number of fused-ring (bicyclic) bond motifs is 1. The first-order valence-corrected chi connectivity index (χ1v) is 14.3. The minimum absolute atomic E-state index is 1.00. The van der Waals surface area contributed by atoms with Gasteiger partial charge in [-0.2, -0.15) is 0 Å². The van der Waals surface area contributed by atoms with Crippen LogP contribution in [0.25, 0.3) is 11.1 Å². The molecule has 0 unspecified atom stereocenters. The molecule has 0 spiro atoms. The minimum atomic E-state index is 1.00. The average molecular weight is 522 g/mol. The van der Waals surface area contributed by atoms with Crippen molar-refractivity contribution < 1.29 is 4.58 Å². The molecule has 0 bridgehead atoms. The molecule has 4 nitrogen and oxygen atoms in total. The van der Waals surface area contributed by atoms with Crippen molar-refractivity contribution in [3.63, 3.8) is 0 Å². The van der Waals surface area contributed by atoms with E-state index in [0.717, 1.165) is 26.2 Å². The highest BCUT2D eigenvalue weighted by Gasteiger charge is 2.27. The highest BCUT2D eigenvalue weighted by molar-refractivity contribution is 6.19. The first-order chi connectivity index (χ1) is 18.8. The van der Waals surface area contributed by atoms with Crippen molar-refractivity contribution in [3.8, 4) is 0 Å². The van der Waals surface area contributed by atoms with Gasteiger partial charge >= 0.3 is 0 Å². The highest BCUT2D eigenvalue weighted by atomic mass is 15.1. The largest absolute Gasteiger partial charge is 0.377 e. The molecule has 0 fully saturated rings. The molecule has 0 heterocycles. The maximum Gasteiger partial charge on any atom is 0.209 e. The summed E-state index contributed by atoms with van der Waals surface area (Å²) in [4.78, 5) is 7.01. The first-order valence-electron chi connectivity index (χ1n) is 14.3. The van der Waals surface area contributed by atoms with Crippen molar-refractivity contribution >= 4 is 33.9 Å². The molecule has 0 N–H and O–H groups in total. The molecular weight excluding hydrogens is 476 g/mol. The Morgan fingerprint density at radius 2 is 1.13 bits per heavy atom. The van der Waals surface area contributed by atoms with Crippen LogP contribution in [0.1, 0.15) is 49.9 Å². The number of rotatable bonds is 9. The molecule has 0 radical (unpaired) electrons. The maximum absolute atomic E-state index is 2.40. The van der Waals surface area contributed by atoms with Gasteiger partial charge in [-0.25, -0.2) is 4.58 Å². The van der Waals surface area contributed by atoms with Crippen molar-refractivity contribution in [2.75, 3.05) is 69.1 Å². The van der Waals surface area contributed by atoms with Gasteiger partial charge in [0, 0.05) is 57.7 Å². The second kappa shape index (κ2) is 12.4. The number of hydrogen-bond donors (Lipinski definition) is 0. The molecule has 0 saturated carbocycles. The Balaban J connectivity index is 1.99. The van der Waals surface area contributed by atoms with Crippen molar-refractivity contribution in [3.05, 3.63) is 101 Å². The molecular formula is C35H45N4+. The lowest BCUT2D eigenvalue weighted by atomic mass is 9.82. The van der Waals surface area contributed by atoms with Crippen molar-refractivity contribution in [2.45, 2.75) is 27.7 Å². The first kappa shape index (κ1) is 28.2. The van der Waals surface area contributed by atoms with Crippen LogP contribution in [-0.4, -0.2) is 64.7 Å². The van der Waals surface area contributed by atoms with E-state index in [1.165, 1.54) is 56.2 Å². The fourth-order valence-corrected chi connectivity index (χ4v) is 5.67. The zero-order valence-corrected chi connectivity index (χ0v) is 25.1. The van der Waals surface area contributed by atoms with E-state index in [0.29, 0.717) is 0 Å². The van der Waals surface area contributed by atoms with E-state index in [2.05, 4.69) is 154 Å². The summed E-state index contributed by atoms with van der Waals surface area (Å²) in [5, 5.41) is 0. The van der Waals surface area contributed by atoms with E-state index in [-0.39, 0.29) is 0 Å². The predicted octanol–water partition coefficient (Wildman–Crippen LogP) is 7.04. The van der Waals surface area contributed by atoms with Gasteiger partial charge in [-0.1, -0.05) is 36.4 Å². The quantitative estimate of drug-likeness (QED) is 0.280. The van der Waals surface area contributed by atoms with Gasteiger partial charge in [0.05, 0.1) is 11.3 Å². The van der Waals surface area contributed by atoms with E-state index in [1.807, 2.05) is 0 Å². The van der Waals surface area contributed by atoms with E-state index < -0.39 is 0 Å². The zero-order valence-electron chi connectivity index (χ0n) is 25.1. The van der Waals surface area contributed by atoms with Gasteiger partial charge < -0.3 is 14.7 Å². The third-order valence-corrected chi connectivity index (χ3v) is 7.80. The lowest BCUT2D eigenvalue weighted by Crippen LogP contribution is -2.22. The van der Waals surface area contributed by atoms with Crippen molar-refractivity contribution in [1.29, 1.82) is 0 Å². The Labute approximate surface area is 236 Å². The van der Waals surface area contributed by atoms with Crippen LogP contribution < -0.4 is 14.7 Å². The standard InChI is InChI=1S/C35H45N4/c1-9-38(10-2)28-20-16-26(17-21-28)34(27-18-22-29(23-19-27)39(11-3)12-4)31-24-25-33(37(7)8)35-30(31)14-13-15-32(35)36(5)6/h13-25H,9-12H2,1-8H3/q+1. The smallest absolute Gasteiger partial charge is 0.209 e. The second-order valence-electron chi connectivity index (χ2n) is 10.4. The third kappa shape index (κ3) is 5.66. The molecule has 1 aliphatic rings. The molecule has 39 heavy (non-hydrogen) atoms. The average Bonchev–Trinajstić information content (AvgIpc) is 2.95. The summed E-state index contributed by atoms with van der Waals surface area (Å²) in [6, 6.07) is 24.9. The van der Waals surface area contributed by atoms with Crippen LogP contribution in [0.3, 0.4) is 0 Å². The Kier molecular flexibility index (Phi) is 8.96. The fraction of sp³-hybridized carbons (Fsp3) is 0.343. The van der Waals surface area contributed by atoms with Crippen LogP contribution in [0.5, 0.6) is 0 Å².